The van der Waals surface area contributed by atoms with Gasteiger partial charge in [-0.15, -0.1) is 0 Å². The number of hydrogen-bond donors (Lipinski definition) is 1. The zero-order valence-corrected chi connectivity index (χ0v) is 17.1. The van der Waals surface area contributed by atoms with E-state index in [9.17, 15) is 14.9 Å². The van der Waals surface area contributed by atoms with Gasteiger partial charge in [-0.05, 0) is 45.4 Å². The third kappa shape index (κ3) is 4.15. The van der Waals surface area contributed by atoms with Gasteiger partial charge in [0, 0.05) is 25.8 Å². The Labute approximate surface area is 169 Å². The second kappa shape index (κ2) is 8.45. The summed E-state index contributed by atoms with van der Waals surface area (Å²) in [5.74, 6) is -0.0539. The van der Waals surface area contributed by atoms with Gasteiger partial charge < -0.3 is 15.0 Å². The highest BCUT2D eigenvalue weighted by Crippen LogP contribution is 2.24. The molecule has 1 amide bonds. The fourth-order valence-corrected chi connectivity index (χ4v) is 3.57. The number of anilines is 1. The Morgan fingerprint density at radius 3 is 2.72 bits per heavy atom. The minimum absolute atomic E-state index is 0.0356. The summed E-state index contributed by atoms with van der Waals surface area (Å²) in [5.41, 5.74) is 1.18. The highest BCUT2D eigenvalue weighted by molar-refractivity contribution is 6.02. The first-order valence-corrected chi connectivity index (χ1v) is 9.68. The zero-order chi connectivity index (χ0) is 21.1. The average Bonchev–Trinajstić information content (AvgIpc) is 2.67. The topological polar surface area (TPSA) is 99.7 Å². The molecular weight excluding hydrogens is 370 g/mol. The first-order valence-electron chi connectivity index (χ1n) is 9.68. The number of hydrogen-bond acceptors (Lipinski definition) is 6. The van der Waals surface area contributed by atoms with E-state index in [1.165, 1.54) is 10.5 Å². The van der Waals surface area contributed by atoms with E-state index in [1.807, 2.05) is 37.8 Å². The fourth-order valence-electron chi connectivity index (χ4n) is 3.57. The molecule has 152 valence electrons. The van der Waals surface area contributed by atoms with Crippen LogP contribution in [0.2, 0.25) is 0 Å². The summed E-state index contributed by atoms with van der Waals surface area (Å²) in [6.07, 6.45) is 2.91. The van der Waals surface area contributed by atoms with Crippen molar-refractivity contribution in [3.05, 3.63) is 45.4 Å². The Balaban J connectivity index is 2.26. The normalized spacial score (nSPS) is 19.8. The number of carbonyl (C=O) groups is 1. The van der Waals surface area contributed by atoms with Crippen molar-refractivity contribution in [2.75, 3.05) is 24.5 Å². The number of amides is 1. The maximum Gasteiger partial charge on any atom is 0.267 e. The Morgan fingerprint density at radius 2 is 2.10 bits per heavy atom. The number of aryl methyl sites for hydroxylation is 1. The number of fused-ring (bicyclic) bond motifs is 1. The van der Waals surface area contributed by atoms with E-state index in [0.717, 1.165) is 5.56 Å². The van der Waals surface area contributed by atoms with E-state index in [0.29, 0.717) is 31.1 Å². The summed E-state index contributed by atoms with van der Waals surface area (Å²) in [4.78, 5) is 32.3. The van der Waals surface area contributed by atoms with E-state index < -0.39 is 5.91 Å². The number of nitriles is 1. The zero-order valence-electron chi connectivity index (χ0n) is 17.1. The third-order valence-corrected chi connectivity index (χ3v) is 4.77. The quantitative estimate of drug-likeness (QED) is 0.624. The Hall–Kier alpha value is -3.18. The van der Waals surface area contributed by atoms with Crippen LogP contribution in [0.1, 0.15) is 31.9 Å². The molecule has 1 fully saturated rings. The lowest BCUT2D eigenvalue weighted by Crippen LogP contribution is -2.46. The Morgan fingerprint density at radius 1 is 1.41 bits per heavy atom. The fraction of sp³-hybridized carbons (Fsp3) is 0.429. The maximum atomic E-state index is 13.3. The predicted molar refractivity (Wildman–Crippen MR) is 111 cm³/mol. The number of aromatic nitrogens is 2. The van der Waals surface area contributed by atoms with E-state index in [4.69, 9.17) is 9.72 Å². The van der Waals surface area contributed by atoms with Crippen LogP contribution in [0.25, 0.3) is 11.7 Å². The molecule has 0 aromatic carbocycles. The van der Waals surface area contributed by atoms with Crippen LogP contribution in [-0.2, 0) is 9.53 Å². The van der Waals surface area contributed by atoms with Crippen molar-refractivity contribution in [2.45, 2.75) is 39.9 Å². The van der Waals surface area contributed by atoms with E-state index in [-0.39, 0.29) is 28.9 Å². The minimum Gasteiger partial charge on any atom is -0.372 e. The number of nitrogens with one attached hydrogen (secondary N) is 1. The lowest BCUT2D eigenvalue weighted by atomic mass is 10.1. The maximum absolute atomic E-state index is 13.3. The van der Waals surface area contributed by atoms with Gasteiger partial charge in [-0.2, -0.15) is 5.26 Å². The van der Waals surface area contributed by atoms with Crippen molar-refractivity contribution < 1.29 is 9.53 Å². The van der Waals surface area contributed by atoms with Crippen molar-refractivity contribution in [3.8, 4) is 6.07 Å². The van der Waals surface area contributed by atoms with Crippen LogP contribution in [0.3, 0.4) is 0 Å². The number of carbonyl (C=O) groups excluding carboxylic acids is 1. The molecule has 3 rings (SSSR count). The molecule has 1 N–H and O–H groups in total. The van der Waals surface area contributed by atoms with E-state index in [2.05, 4.69) is 5.32 Å². The summed E-state index contributed by atoms with van der Waals surface area (Å²) in [7, 11) is 0. The molecular formula is C21H25N5O3. The Kier molecular flexibility index (Phi) is 5.99. The van der Waals surface area contributed by atoms with Crippen molar-refractivity contribution in [1.29, 1.82) is 5.26 Å². The van der Waals surface area contributed by atoms with Crippen LogP contribution in [-0.4, -0.2) is 47.1 Å². The molecule has 3 heterocycles. The van der Waals surface area contributed by atoms with Crippen molar-refractivity contribution in [3.63, 3.8) is 0 Å². The lowest BCUT2D eigenvalue weighted by Gasteiger charge is -2.36. The SMILES string of the molecule is CCNC(=O)/C(C#N)=C/c1c(N2C[C@H](C)O[C@@H](C)C2)nc2c(C)cccn2c1=O. The summed E-state index contributed by atoms with van der Waals surface area (Å²) in [6.45, 7) is 9.09. The summed E-state index contributed by atoms with van der Waals surface area (Å²) in [6, 6.07) is 5.56. The standard InChI is InChI=1S/C21H25N5O3/c1-5-23-20(27)16(10-22)9-17-19(25-11-14(3)29-15(4)12-25)24-18-13(2)7-6-8-26(18)21(17)28/h6-9,14-15H,5,11-12H2,1-4H3,(H,23,27)/b16-9+/t14-,15-/m0/s1. The molecule has 2 aromatic heterocycles. The molecule has 0 bridgehead atoms. The van der Waals surface area contributed by atoms with Gasteiger partial charge in [-0.3, -0.25) is 14.0 Å². The second-order valence-electron chi connectivity index (χ2n) is 7.23. The molecule has 0 unspecified atom stereocenters. The summed E-state index contributed by atoms with van der Waals surface area (Å²) in [5, 5.41) is 12.1. The summed E-state index contributed by atoms with van der Waals surface area (Å²) >= 11 is 0. The van der Waals surface area contributed by atoms with Crippen LogP contribution >= 0.6 is 0 Å². The second-order valence-corrected chi connectivity index (χ2v) is 7.23. The van der Waals surface area contributed by atoms with E-state index in [1.54, 1.807) is 19.2 Å². The van der Waals surface area contributed by atoms with Crippen LogP contribution in [0, 0.1) is 18.3 Å². The van der Waals surface area contributed by atoms with Crippen LogP contribution in [0.15, 0.2) is 28.7 Å². The van der Waals surface area contributed by atoms with Crippen molar-refractivity contribution in [2.24, 2.45) is 0 Å². The van der Waals surface area contributed by atoms with Crippen LogP contribution in [0.5, 0.6) is 0 Å². The average molecular weight is 395 g/mol. The molecule has 1 aliphatic rings. The smallest absolute Gasteiger partial charge is 0.267 e. The van der Waals surface area contributed by atoms with Crippen LogP contribution in [0.4, 0.5) is 5.82 Å². The van der Waals surface area contributed by atoms with Gasteiger partial charge in [-0.1, -0.05) is 6.07 Å². The number of pyridine rings is 1. The van der Waals surface area contributed by atoms with Crippen LogP contribution < -0.4 is 15.8 Å². The molecule has 0 radical (unpaired) electrons. The molecule has 0 saturated carbocycles. The molecule has 1 aliphatic heterocycles. The van der Waals surface area contributed by atoms with Gasteiger partial charge in [-0.25, -0.2) is 4.98 Å². The number of rotatable bonds is 4. The monoisotopic (exact) mass is 395 g/mol. The number of nitrogens with zero attached hydrogens (tertiary/aromatic N) is 4. The third-order valence-electron chi connectivity index (χ3n) is 4.77. The van der Waals surface area contributed by atoms with Gasteiger partial charge >= 0.3 is 0 Å². The molecule has 1 saturated heterocycles. The van der Waals surface area contributed by atoms with Gasteiger partial charge in [0.2, 0.25) is 0 Å². The largest absolute Gasteiger partial charge is 0.372 e. The van der Waals surface area contributed by atoms with Gasteiger partial charge in [0.15, 0.2) is 0 Å². The van der Waals surface area contributed by atoms with Gasteiger partial charge in [0.25, 0.3) is 11.5 Å². The minimum atomic E-state index is -0.515. The highest BCUT2D eigenvalue weighted by Gasteiger charge is 2.27. The van der Waals surface area contributed by atoms with Gasteiger partial charge in [0.1, 0.15) is 23.1 Å². The predicted octanol–water partition coefficient (Wildman–Crippen LogP) is 1.66. The summed E-state index contributed by atoms with van der Waals surface area (Å²) < 4.78 is 7.26. The molecule has 0 aliphatic carbocycles. The molecule has 2 atom stereocenters. The lowest BCUT2D eigenvalue weighted by molar-refractivity contribution is -0.116. The number of likely N-dealkylation sites (N-methyl/N-ethyl adjacent to an activating group) is 1. The van der Waals surface area contributed by atoms with Crippen molar-refractivity contribution >= 4 is 23.4 Å². The van der Waals surface area contributed by atoms with Gasteiger partial charge in [0.05, 0.1) is 17.8 Å². The number of ether oxygens (including phenoxy) is 1. The molecule has 2 aromatic rings. The molecule has 8 heteroatoms. The molecule has 8 nitrogen and oxygen atoms in total. The molecule has 29 heavy (non-hydrogen) atoms. The van der Waals surface area contributed by atoms with E-state index >= 15 is 0 Å². The first kappa shape index (κ1) is 20.6. The molecule has 0 spiro atoms. The first-order chi connectivity index (χ1) is 13.8. The Bertz CT molecular complexity index is 1060. The number of morpholine rings is 1. The van der Waals surface area contributed by atoms with Crippen molar-refractivity contribution in [1.82, 2.24) is 14.7 Å². The highest BCUT2D eigenvalue weighted by atomic mass is 16.5.